The standard InChI is InChI=1S/C21H35NO2/c1-21(2,3)24-20(23)13-11-9-7-5-4-6-8-10-12-18-14-16-19(22)17-15-18/h14-17H,4-13,22H2,1-3H3. The number of carbonyl (C=O) groups excluding carboxylic acids is 1. The SMILES string of the molecule is CC(C)(C)OC(=O)CCCCCCCCCCc1ccc(N)cc1. The summed E-state index contributed by atoms with van der Waals surface area (Å²) in [5.41, 5.74) is 7.55. The molecule has 0 aliphatic rings. The van der Waals surface area contributed by atoms with Crippen LogP contribution in [-0.2, 0) is 16.0 Å². The van der Waals surface area contributed by atoms with Gasteiger partial charge in [0, 0.05) is 12.1 Å². The van der Waals surface area contributed by atoms with Crippen molar-refractivity contribution in [3.05, 3.63) is 29.8 Å². The van der Waals surface area contributed by atoms with Gasteiger partial charge >= 0.3 is 5.97 Å². The van der Waals surface area contributed by atoms with E-state index < -0.39 is 0 Å². The van der Waals surface area contributed by atoms with Gasteiger partial charge in [0.15, 0.2) is 0 Å². The Morgan fingerprint density at radius 2 is 1.38 bits per heavy atom. The van der Waals surface area contributed by atoms with Crippen LogP contribution in [0.15, 0.2) is 24.3 Å². The Morgan fingerprint density at radius 3 is 1.92 bits per heavy atom. The monoisotopic (exact) mass is 333 g/mol. The number of hydrogen-bond acceptors (Lipinski definition) is 3. The van der Waals surface area contributed by atoms with E-state index >= 15 is 0 Å². The number of nitrogens with two attached hydrogens (primary N) is 1. The van der Waals surface area contributed by atoms with Gasteiger partial charge < -0.3 is 10.5 Å². The number of unbranched alkanes of at least 4 members (excludes halogenated alkanes) is 7. The smallest absolute Gasteiger partial charge is 0.306 e. The second-order valence-corrected chi connectivity index (χ2v) is 7.66. The average molecular weight is 334 g/mol. The predicted octanol–water partition coefficient (Wildman–Crippen LogP) is 5.66. The molecule has 3 heteroatoms. The molecule has 2 N–H and O–H groups in total. The summed E-state index contributed by atoms with van der Waals surface area (Å²) in [6.07, 6.45) is 11.4. The third-order valence-electron chi connectivity index (χ3n) is 4.00. The van der Waals surface area contributed by atoms with Gasteiger partial charge in [0.05, 0.1) is 0 Å². The van der Waals surface area contributed by atoms with Crippen molar-refractivity contribution in [3.8, 4) is 0 Å². The number of benzene rings is 1. The highest BCUT2D eigenvalue weighted by Crippen LogP contribution is 2.14. The largest absolute Gasteiger partial charge is 0.460 e. The van der Waals surface area contributed by atoms with Gasteiger partial charge in [0.25, 0.3) is 0 Å². The molecule has 0 spiro atoms. The van der Waals surface area contributed by atoms with Crippen LogP contribution in [0.5, 0.6) is 0 Å². The number of carbonyl (C=O) groups is 1. The summed E-state index contributed by atoms with van der Waals surface area (Å²) in [5.74, 6) is -0.0647. The van der Waals surface area contributed by atoms with Gasteiger partial charge in [-0.05, 0) is 57.7 Å². The van der Waals surface area contributed by atoms with Crippen molar-refractivity contribution in [3.63, 3.8) is 0 Å². The second kappa shape index (κ2) is 11.1. The molecule has 0 atom stereocenters. The van der Waals surface area contributed by atoms with Gasteiger partial charge in [-0.15, -0.1) is 0 Å². The summed E-state index contributed by atoms with van der Waals surface area (Å²) >= 11 is 0. The third-order valence-corrected chi connectivity index (χ3v) is 4.00. The van der Waals surface area contributed by atoms with E-state index in [-0.39, 0.29) is 11.6 Å². The zero-order chi connectivity index (χ0) is 17.8. The first-order valence-electron chi connectivity index (χ1n) is 9.43. The van der Waals surface area contributed by atoms with Crippen LogP contribution < -0.4 is 5.73 Å². The van der Waals surface area contributed by atoms with E-state index in [0.717, 1.165) is 24.9 Å². The first-order valence-corrected chi connectivity index (χ1v) is 9.43. The molecule has 0 aliphatic carbocycles. The van der Waals surface area contributed by atoms with Crippen molar-refractivity contribution < 1.29 is 9.53 Å². The Bertz CT molecular complexity index is 460. The second-order valence-electron chi connectivity index (χ2n) is 7.66. The van der Waals surface area contributed by atoms with Crippen LogP contribution in [0, 0.1) is 0 Å². The van der Waals surface area contributed by atoms with Crippen LogP contribution in [0.25, 0.3) is 0 Å². The maximum Gasteiger partial charge on any atom is 0.306 e. The van der Waals surface area contributed by atoms with Crippen molar-refractivity contribution in [1.82, 2.24) is 0 Å². The molecule has 0 fully saturated rings. The fraction of sp³-hybridized carbons (Fsp3) is 0.667. The van der Waals surface area contributed by atoms with E-state index in [1.165, 1.54) is 44.1 Å². The third kappa shape index (κ3) is 11.1. The number of hydrogen-bond donors (Lipinski definition) is 1. The molecule has 0 saturated heterocycles. The predicted molar refractivity (Wildman–Crippen MR) is 102 cm³/mol. The summed E-state index contributed by atoms with van der Waals surface area (Å²) in [4.78, 5) is 11.6. The molecule has 0 aromatic heterocycles. The van der Waals surface area contributed by atoms with Crippen molar-refractivity contribution in [2.75, 3.05) is 5.73 Å². The highest BCUT2D eigenvalue weighted by molar-refractivity contribution is 5.69. The first-order chi connectivity index (χ1) is 11.4. The van der Waals surface area contributed by atoms with Gasteiger partial charge in [-0.25, -0.2) is 0 Å². The Hall–Kier alpha value is -1.51. The number of rotatable bonds is 11. The van der Waals surface area contributed by atoms with E-state index in [1.807, 2.05) is 32.9 Å². The summed E-state index contributed by atoms with van der Waals surface area (Å²) in [6, 6.07) is 8.21. The molecule has 0 aliphatic heterocycles. The van der Waals surface area contributed by atoms with Crippen molar-refractivity contribution in [1.29, 1.82) is 0 Å². The summed E-state index contributed by atoms with van der Waals surface area (Å²) in [7, 11) is 0. The zero-order valence-corrected chi connectivity index (χ0v) is 15.8. The average Bonchev–Trinajstić information content (AvgIpc) is 2.49. The lowest BCUT2D eigenvalue weighted by Gasteiger charge is -2.19. The lowest BCUT2D eigenvalue weighted by atomic mass is 10.0. The molecular formula is C21H35NO2. The fourth-order valence-electron chi connectivity index (χ4n) is 2.74. The van der Waals surface area contributed by atoms with E-state index in [1.54, 1.807) is 0 Å². The Kier molecular flexibility index (Phi) is 9.51. The maximum absolute atomic E-state index is 11.6. The maximum atomic E-state index is 11.6. The fourth-order valence-corrected chi connectivity index (χ4v) is 2.74. The molecule has 1 rings (SSSR count). The van der Waals surface area contributed by atoms with E-state index in [9.17, 15) is 4.79 Å². The number of ether oxygens (including phenoxy) is 1. The Labute approximate surface area is 148 Å². The number of nitrogen functional groups attached to an aromatic ring is 1. The van der Waals surface area contributed by atoms with Crippen molar-refractivity contribution in [2.45, 2.75) is 90.6 Å². The quantitative estimate of drug-likeness (QED) is 0.323. The van der Waals surface area contributed by atoms with Crippen LogP contribution in [0.4, 0.5) is 5.69 Å². The molecule has 0 saturated carbocycles. The molecule has 0 radical (unpaired) electrons. The summed E-state index contributed by atoms with van der Waals surface area (Å²) in [6.45, 7) is 5.74. The minimum absolute atomic E-state index is 0.0647. The van der Waals surface area contributed by atoms with Gasteiger partial charge in [-0.2, -0.15) is 0 Å². The highest BCUT2D eigenvalue weighted by Gasteiger charge is 2.15. The van der Waals surface area contributed by atoms with Crippen molar-refractivity contribution in [2.24, 2.45) is 0 Å². The van der Waals surface area contributed by atoms with Gasteiger partial charge in [0.1, 0.15) is 5.60 Å². The summed E-state index contributed by atoms with van der Waals surface area (Å²) < 4.78 is 5.31. The first kappa shape index (κ1) is 20.5. The molecule has 1 aromatic rings. The van der Waals surface area contributed by atoms with Crippen LogP contribution in [0.2, 0.25) is 0 Å². The van der Waals surface area contributed by atoms with E-state index in [4.69, 9.17) is 10.5 Å². The minimum Gasteiger partial charge on any atom is -0.460 e. The number of esters is 1. The van der Waals surface area contributed by atoms with E-state index in [0.29, 0.717) is 6.42 Å². The molecule has 136 valence electrons. The van der Waals surface area contributed by atoms with Crippen LogP contribution >= 0.6 is 0 Å². The number of anilines is 1. The van der Waals surface area contributed by atoms with Gasteiger partial charge in [-0.3, -0.25) is 4.79 Å². The van der Waals surface area contributed by atoms with E-state index in [2.05, 4.69) is 12.1 Å². The zero-order valence-electron chi connectivity index (χ0n) is 15.8. The molecular weight excluding hydrogens is 298 g/mol. The minimum atomic E-state index is -0.358. The van der Waals surface area contributed by atoms with Crippen molar-refractivity contribution >= 4 is 11.7 Å². The molecule has 0 bridgehead atoms. The van der Waals surface area contributed by atoms with Crippen LogP contribution in [0.1, 0.15) is 84.1 Å². The normalized spacial score (nSPS) is 11.5. The molecule has 3 nitrogen and oxygen atoms in total. The lowest BCUT2D eigenvalue weighted by molar-refractivity contribution is -0.154. The lowest BCUT2D eigenvalue weighted by Crippen LogP contribution is -2.23. The number of aryl methyl sites for hydroxylation is 1. The molecule has 24 heavy (non-hydrogen) atoms. The summed E-state index contributed by atoms with van der Waals surface area (Å²) in [5, 5.41) is 0. The topological polar surface area (TPSA) is 52.3 Å². The highest BCUT2D eigenvalue weighted by atomic mass is 16.6. The molecule has 0 heterocycles. The molecule has 1 aromatic carbocycles. The van der Waals surface area contributed by atoms with Crippen LogP contribution in [0.3, 0.4) is 0 Å². The van der Waals surface area contributed by atoms with Gasteiger partial charge in [-0.1, -0.05) is 50.7 Å². The Morgan fingerprint density at radius 1 is 0.875 bits per heavy atom. The van der Waals surface area contributed by atoms with Crippen LogP contribution in [-0.4, -0.2) is 11.6 Å². The molecule has 0 unspecified atom stereocenters. The Balaban J connectivity index is 1.88. The van der Waals surface area contributed by atoms with Gasteiger partial charge in [0.2, 0.25) is 0 Å². The molecule has 0 amide bonds.